The van der Waals surface area contributed by atoms with Gasteiger partial charge in [0.2, 0.25) is 0 Å². The van der Waals surface area contributed by atoms with Crippen LogP contribution in [0.15, 0.2) is 30.3 Å². The summed E-state index contributed by atoms with van der Waals surface area (Å²) in [6.07, 6.45) is 2.89. The molecule has 0 unspecified atom stereocenters. The van der Waals surface area contributed by atoms with E-state index in [2.05, 4.69) is 45.0 Å². The van der Waals surface area contributed by atoms with Crippen LogP contribution in [-0.2, 0) is 16.1 Å². The van der Waals surface area contributed by atoms with Gasteiger partial charge in [0.15, 0.2) is 0 Å². The molecule has 0 N–H and O–H groups in total. The maximum Gasteiger partial charge on any atom is 0.0950 e. The third-order valence-corrected chi connectivity index (χ3v) is 4.31. The molecule has 0 radical (unpaired) electrons. The SMILES string of the molecule is CC1(C)C[C@@H](OCc2ccccc2)C[C@@]2(C)O[C@@H]12. The lowest BCUT2D eigenvalue weighted by atomic mass is 9.71. The average Bonchev–Trinajstić information content (AvgIpc) is 3.01. The fraction of sp³-hybridized carbons (Fsp3) is 0.625. The van der Waals surface area contributed by atoms with Gasteiger partial charge in [-0.15, -0.1) is 0 Å². The zero-order valence-corrected chi connectivity index (χ0v) is 11.5. The van der Waals surface area contributed by atoms with Crippen LogP contribution in [0.4, 0.5) is 0 Å². The van der Waals surface area contributed by atoms with Crippen molar-refractivity contribution in [1.82, 2.24) is 0 Å². The Morgan fingerprint density at radius 2 is 1.89 bits per heavy atom. The van der Waals surface area contributed by atoms with Gasteiger partial charge >= 0.3 is 0 Å². The highest BCUT2D eigenvalue weighted by Gasteiger charge is 2.63. The molecule has 1 aromatic rings. The molecule has 2 aliphatic rings. The number of rotatable bonds is 3. The van der Waals surface area contributed by atoms with Crippen molar-refractivity contribution in [3.63, 3.8) is 0 Å². The first kappa shape index (κ1) is 12.2. The van der Waals surface area contributed by atoms with Crippen molar-refractivity contribution in [2.45, 2.75) is 58.0 Å². The molecule has 1 saturated carbocycles. The van der Waals surface area contributed by atoms with Crippen molar-refractivity contribution < 1.29 is 9.47 Å². The fourth-order valence-electron chi connectivity index (χ4n) is 3.50. The molecule has 1 aromatic carbocycles. The van der Waals surface area contributed by atoms with Crippen molar-refractivity contribution in [3.05, 3.63) is 35.9 Å². The summed E-state index contributed by atoms with van der Waals surface area (Å²) < 4.78 is 12.0. The standard InChI is InChI=1S/C16H22O2/c1-15(2)9-13(10-16(3)14(15)18-16)17-11-12-7-5-4-6-8-12/h4-8,13-14H,9-11H2,1-3H3/t13-,14+,16-/m1/s1. The number of hydrogen-bond acceptors (Lipinski definition) is 2. The number of hydrogen-bond donors (Lipinski definition) is 0. The Bertz CT molecular complexity index is 426. The summed E-state index contributed by atoms with van der Waals surface area (Å²) in [6, 6.07) is 10.4. The highest BCUT2D eigenvalue weighted by Crippen LogP contribution is 2.56. The Morgan fingerprint density at radius 1 is 1.17 bits per heavy atom. The zero-order valence-electron chi connectivity index (χ0n) is 11.5. The second kappa shape index (κ2) is 4.07. The van der Waals surface area contributed by atoms with Gasteiger partial charge in [-0.3, -0.25) is 0 Å². The van der Waals surface area contributed by atoms with Crippen LogP contribution in [0.3, 0.4) is 0 Å². The molecule has 3 atom stereocenters. The topological polar surface area (TPSA) is 21.8 Å². The van der Waals surface area contributed by atoms with Gasteiger partial charge < -0.3 is 9.47 Å². The summed E-state index contributed by atoms with van der Waals surface area (Å²) in [5, 5.41) is 0. The molecule has 98 valence electrons. The molecular formula is C16H22O2. The van der Waals surface area contributed by atoms with Crippen LogP contribution >= 0.6 is 0 Å². The lowest BCUT2D eigenvalue weighted by Gasteiger charge is -2.34. The summed E-state index contributed by atoms with van der Waals surface area (Å²) in [4.78, 5) is 0. The Hall–Kier alpha value is -0.860. The second-order valence-corrected chi connectivity index (χ2v) is 6.63. The largest absolute Gasteiger partial charge is 0.373 e. The fourth-order valence-corrected chi connectivity index (χ4v) is 3.50. The van der Waals surface area contributed by atoms with Gasteiger partial charge in [0.05, 0.1) is 24.4 Å². The summed E-state index contributed by atoms with van der Waals surface area (Å²) in [6.45, 7) is 7.52. The van der Waals surface area contributed by atoms with E-state index in [1.54, 1.807) is 0 Å². The predicted octanol–water partition coefficient (Wildman–Crippen LogP) is 3.55. The molecule has 0 spiro atoms. The van der Waals surface area contributed by atoms with Crippen LogP contribution in [0.1, 0.15) is 39.2 Å². The Labute approximate surface area is 109 Å². The van der Waals surface area contributed by atoms with Gasteiger partial charge in [0.25, 0.3) is 0 Å². The van der Waals surface area contributed by atoms with Crippen molar-refractivity contribution in [2.24, 2.45) is 5.41 Å². The van der Waals surface area contributed by atoms with Crippen LogP contribution in [0.2, 0.25) is 0 Å². The van der Waals surface area contributed by atoms with E-state index in [9.17, 15) is 0 Å². The minimum absolute atomic E-state index is 0.0725. The smallest absolute Gasteiger partial charge is 0.0950 e. The summed E-state index contributed by atoms with van der Waals surface area (Å²) >= 11 is 0. The maximum atomic E-state index is 6.09. The molecule has 0 aromatic heterocycles. The molecule has 1 heterocycles. The molecule has 3 rings (SSSR count). The molecule has 2 fully saturated rings. The van der Waals surface area contributed by atoms with E-state index in [1.165, 1.54) is 5.56 Å². The lowest BCUT2D eigenvalue weighted by Crippen LogP contribution is -2.39. The third kappa shape index (κ3) is 2.19. The van der Waals surface area contributed by atoms with Crippen molar-refractivity contribution in [2.75, 3.05) is 0 Å². The van der Waals surface area contributed by atoms with E-state index in [0.29, 0.717) is 18.8 Å². The average molecular weight is 246 g/mol. The van der Waals surface area contributed by atoms with Gasteiger partial charge in [-0.2, -0.15) is 0 Å². The van der Waals surface area contributed by atoms with Crippen molar-refractivity contribution >= 4 is 0 Å². The minimum atomic E-state index is 0.0725. The van der Waals surface area contributed by atoms with E-state index in [4.69, 9.17) is 9.47 Å². The first-order chi connectivity index (χ1) is 8.50. The predicted molar refractivity (Wildman–Crippen MR) is 71.3 cm³/mol. The van der Waals surface area contributed by atoms with E-state index < -0.39 is 0 Å². The van der Waals surface area contributed by atoms with Crippen molar-refractivity contribution in [1.29, 1.82) is 0 Å². The van der Waals surface area contributed by atoms with Crippen LogP contribution < -0.4 is 0 Å². The quantitative estimate of drug-likeness (QED) is 0.761. The Kier molecular flexibility index (Phi) is 2.76. The number of epoxide rings is 1. The van der Waals surface area contributed by atoms with E-state index in [0.717, 1.165) is 12.8 Å². The van der Waals surface area contributed by atoms with Crippen LogP contribution in [0.25, 0.3) is 0 Å². The maximum absolute atomic E-state index is 6.09. The second-order valence-electron chi connectivity index (χ2n) is 6.63. The molecule has 1 aliphatic heterocycles. The molecule has 0 amide bonds. The van der Waals surface area contributed by atoms with E-state index in [-0.39, 0.29) is 11.0 Å². The van der Waals surface area contributed by atoms with Gasteiger partial charge in [-0.1, -0.05) is 44.2 Å². The number of benzene rings is 1. The highest BCUT2D eigenvalue weighted by molar-refractivity contribution is 5.14. The number of ether oxygens (including phenoxy) is 2. The molecule has 18 heavy (non-hydrogen) atoms. The van der Waals surface area contributed by atoms with E-state index in [1.807, 2.05) is 6.07 Å². The molecule has 2 nitrogen and oxygen atoms in total. The summed E-state index contributed by atoms with van der Waals surface area (Å²) in [5.74, 6) is 0. The first-order valence-corrected chi connectivity index (χ1v) is 6.83. The van der Waals surface area contributed by atoms with Crippen LogP contribution in [-0.4, -0.2) is 17.8 Å². The van der Waals surface area contributed by atoms with Crippen LogP contribution in [0.5, 0.6) is 0 Å². The molecular weight excluding hydrogens is 224 g/mol. The lowest BCUT2D eigenvalue weighted by molar-refractivity contribution is -0.0144. The van der Waals surface area contributed by atoms with Gasteiger partial charge in [0.1, 0.15) is 0 Å². The first-order valence-electron chi connectivity index (χ1n) is 6.83. The molecule has 2 heteroatoms. The molecule has 0 bridgehead atoms. The van der Waals surface area contributed by atoms with Crippen molar-refractivity contribution in [3.8, 4) is 0 Å². The highest BCUT2D eigenvalue weighted by atomic mass is 16.6. The normalized spacial score (nSPS) is 37.1. The summed E-state index contributed by atoms with van der Waals surface area (Å²) in [7, 11) is 0. The molecule has 1 aliphatic carbocycles. The summed E-state index contributed by atoms with van der Waals surface area (Å²) in [5.41, 5.74) is 1.57. The zero-order chi connectivity index (χ0) is 12.8. The van der Waals surface area contributed by atoms with Gasteiger partial charge in [-0.25, -0.2) is 0 Å². The van der Waals surface area contributed by atoms with E-state index >= 15 is 0 Å². The van der Waals surface area contributed by atoms with Crippen LogP contribution in [0, 0.1) is 5.41 Å². The van der Waals surface area contributed by atoms with Gasteiger partial charge in [-0.05, 0) is 24.3 Å². The van der Waals surface area contributed by atoms with Gasteiger partial charge in [0, 0.05) is 6.42 Å². The Morgan fingerprint density at radius 3 is 2.56 bits per heavy atom. The monoisotopic (exact) mass is 246 g/mol. The third-order valence-electron chi connectivity index (χ3n) is 4.31. The minimum Gasteiger partial charge on any atom is -0.373 e. The molecule has 1 saturated heterocycles. The Balaban J connectivity index is 1.61. The number of fused-ring (bicyclic) bond motifs is 1.